The Hall–Kier alpha value is -3.33. The number of benzene rings is 2. The maximum atomic E-state index is 13.3. The fraction of sp³-hybridized carbons (Fsp3) is 0. The van der Waals surface area contributed by atoms with E-state index in [2.05, 4.69) is 15.6 Å². The smallest absolute Gasteiger partial charge is 0.267 e. The lowest BCUT2D eigenvalue weighted by molar-refractivity contribution is 0.0844. The number of hydrazine groups is 1. The summed E-state index contributed by atoms with van der Waals surface area (Å²) in [5.74, 6) is -4.26. The van der Waals surface area contributed by atoms with E-state index in [9.17, 15) is 23.2 Å². The van der Waals surface area contributed by atoms with Gasteiger partial charge in [-0.25, -0.2) is 13.9 Å². The van der Waals surface area contributed by atoms with Crippen LogP contribution in [-0.4, -0.2) is 22.0 Å². The van der Waals surface area contributed by atoms with Crippen LogP contribution in [0.2, 0.25) is 5.02 Å². The molecule has 10 heteroatoms. The molecule has 3 rings (SSSR count). The number of rotatable bonds is 2. The van der Waals surface area contributed by atoms with Crippen molar-refractivity contribution in [3.63, 3.8) is 0 Å². The number of nitrogens with zero attached hydrogens (tertiary/aromatic N) is 1. The van der Waals surface area contributed by atoms with Crippen LogP contribution in [0.3, 0.4) is 0 Å². The van der Waals surface area contributed by atoms with Gasteiger partial charge in [0.25, 0.3) is 17.4 Å². The van der Waals surface area contributed by atoms with Gasteiger partial charge in [-0.05, 0) is 18.2 Å². The minimum absolute atomic E-state index is 0.142. The summed E-state index contributed by atoms with van der Waals surface area (Å²) in [7, 11) is 0. The molecule has 0 atom stereocenters. The molecular weight excluding hydrogens is 370 g/mol. The normalized spacial score (nSPS) is 10.6. The number of nitrogens with one attached hydrogen (secondary N) is 3. The fourth-order valence-corrected chi connectivity index (χ4v) is 2.46. The molecule has 1 heterocycles. The summed E-state index contributed by atoms with van der Waals surface area (Å²) in [5.41, 5.74) is 3.10. The second kappa shape index (κ2) is 6.89. The molecule has 0 aliphatic heterocycles. The summed E-state index contributed by atoms with van der Waals surface area (Å²) in [4.78, 5) is 35.9. The van der Waals surface area contributed by atoms with Crippen molar-refractivity contribution < 1.29 is 18.4 Å². The van der Waals surface area contributed by atoms with Crippen LogP contribution in [0, 0.1) is 11.6 Å². The minimum atomic E-state index is -1.26. The molecular formula is C16H9ClF2N4O3. The van der Waals surface area contributed by atoms with Crippen LogP contribution in [0.1, 0.15) is 20.8 Å². The average Bonchev–Trinajstić information content (AvgIpc) is 2.63. The van der Waals surface area contributed by atoms with E-state index in [-0.39, 0.29) is 27.1 Å². The Labute approximate surface area is 148 Å². The molecule has 3 N–H and O–H groups in total. The molecule has 2 aromatic carbocycles. The highest BCUT2D eigenvalue weighted by atomic mass is 35.5. The van der Waals surface area contributed by atoms with Gasteiger partial charge in [-0.2, -0.15) is 5.10 Å². The van der Waals surface area contributed by atoms with Gasteiger partial charge in [0, 0.05) is 5.39 Å². The molecule has 3 aromatic rings. The molecule has 132 valence electrons. The zero-order valence-electron chi connectivity index (χ0n) is 12.8. The van der Waals surface area contributed by atoms with E-state index in [1.807, 2.05) is 5.43 Å². The van der Waals surface area contributed by atoms with Gasteiger partial charge in [-0.3, -0.25) is 25.2 Å². The first-order valence-corrected chi connectivity index (χ1v) is 7.49. The van der Waals surface area contributed by atoms with Gasteiger partial charge < -0.3 is 0 Å². The number of halogens is 3. The van der Waals surface area contributed by atoms with E-state index in [0.717, 1.165) is 0 Å². The third-order valence-electron chi connectivity index (χ3n) is 3.46. The highest BCUT2D eigenvalue weighted by molar-refractivity contribution is 6.33. The van der Waals surface area contributed by atoms with Crippen LogP contribution in [0.25, 0.3) is 10.8 Å². The van der Waals surface area contributed by atoms with E-state index in [0.29, 0.717) is 12.1 Å². The number of carbonyl (C=O) groups is 2. The van der Waals surface area contributed by atoms with Crippen molar-refractivity contribution >= 4 is 34.2 Å². The Balaban J connectivity index is 1.82. The monoisotopic (exact) mass is 378 g/mol. The van der Waals surface area contributed by atoms with E-state index in [4.69, 9.17) is 11.6 Å². The lowest BCUT2D eigenvalue weighted by Crippen LogP contribution is -2.42. The van der Waals surface area contributed by atoms with Gasteiger partial charge in [0.15, 0.2) is 17.3 Å². The molecule has 0 saturated carbocycles. The lowest BCUT2D eigenvalue weighted by atomic mass is 10.1. The van der Waals surface area contributed by atoms with Crippen LogP contribution in [0.15, 0.2) is 41.2 Å². The molecule has 0 aliphatic rings. The number of fused-ring (bicyclic) bond motifs is 1. The highest BCUT2D eigenvalue weighted by Crippen LogP contribution is 2.19. The molecule has 0 unspecified atom stereocenters. The third-order valence-corrected chi connectivity index (χ3v) is 3.77. The Morgan fingerprint density at radius 3 is 2.35 bits per heavy atom. The third kappa shape index (κ3) is 3.24. The van der Waals surface area contributed by atoms with Gasteiger partial charge in [-0.1, -0.05) is 29.8 Å². The quantitative estimate of drug-likeness (QED) is 0.468. The van der Waals surface area contributed by atoms with Crippen LogP contribution in [0.5, 0.6) is 0 Å². The molecule has 0 spiro atoms. The van der Waals surface area contributed by atoms with Crippen molar-refractivity contribution in [2.24, 2.45) is 0 Å². The predicted octanol–water partition coefficient (Wildman–Crippen LogP) is 1.93. The summed E-state index contributed by atoms with van der Waals surface area (Å²) in [6.45, 7) is 0. The first-order chi connectivity index (χ1) is 12.4. The SMILES string of the molecule is O=C(NNC(=O)c1n[nH]c(=O)c2ccccc12)c1cc(F)c(F)cc1Cl. The Kier molecular flexibility index (Phi) is 4.63. The van der Waals surface area contributed by atoms with E-state index in [1.54, 1.807) is 12.1 Å². The van der Waals surface area contributed by atoms with E-state index in [1.165, 1.54) is 12.1 Å². The summed E-state index contributed by atoms with van der Waals surface area (Å²) in [6, 6.07) is 7.50. The molecule has 0 aliphatic carbocycles. The number of carbonyl (C=O) groups excluding carboxylic acids is 2. The van der Waals surface area contributed by atoms with Gasteiger partial charge in [0.05, 0.1) is 16.0 Å². The standard InChI is InChI=1S/C16H9ClF2N4O3/c17-10-6-12(19)11(18)5-9(10)15(25)22-23-16(26)13-7-3-1-2-4-8(7)14(24)21-20-13/h1-6H,(H,21,24)(H,22,25)(H,23,26). The fourth-order valence-electron chi connectivity index (χ4n) is 2.22. The summed E-state index contributed by atoms with van der Waals surface area (Å²) in [6.07, 6.45) is 0. The topological polar surface area (TPSA) is 104 Å². The van der Waals surface area contributed by atoms with Crippen molar-refractivity contribution in [2.75, 3.05) is 0 Å². The number of aromatic nitrogens is 2. The van der Waals surface area contributed by atoms with Crippen molar-refractivity contribution in [3.05, 3.63) is 74.7 Å². The second-order valence-corrected chi connectivity index (χ2v) is 5.51. The highest BCUT2D eigenvalue weighted by Gasteiger charge is 2.18. The van der Waals surface area contributed by atoms with Gasteiger partial charge in [0.2, 0.25) is 0 Å². The van der Waals surface area contributed by atoms with Gasteiger partial charge in [0.1, 0.15) is 0 Å². The van der Waals surface area contributed by atoms with Crippen LogP contribution in [0.4, 0.5) is 8.78 Å². The van der Waals surface area contributed by atoms with E-state index >= 15 is 0 Å². The Morgan fingerprint density at radius 2 is 1.62 bits per heavy atom. The number of hydrogen-bond acceptors (Lipinski definition) is 4. The molecule has 1 aromatic heterocycles. The molecule has 0 fully saturated rings. The van der Waals surface area contributed by atoms with Crippen LogP contribution in [-0.2, 0) is 0 Å². The zero-order valence-corrected chi connectivity index (χ0v) is 13.5. The maximum Gasteiger partial charge on any atom is 0.290 e. The number of H-pyrrole nitrogens is 1. The number of aromatic amines is 1. The average molecular weight is 379 g/mol. The van der Waals surface area contributed by atoms with Crippen LogP contribution < -0.4 is 16.4 Å². The molecule has 0 radical (unpaired) electrons. The number of hydrogen-bond donors (Lipinski definition) is 3. The largest absolute Gasteiger partial charge is 0.290 e. The van der Waals surface area contributed by atoms with E-state index < -0.39 is 29.0 Å². The molecule has 7 nitrogen and oxygen atoms in total. The maximum absolute atomic E-state index is 13.3. The first kappa shape index (κ1) is 17.5. The molecule has 0 bridgehead atoms. The Morgan fingerprint density at radius 1 is 1.00 bits per heavy atom. The van der Waals surface area contributed by atoms with Crippen molar-refractivity contribution in [2.45, 2.75) is 0 Å². The molecule has 2 amide bonds. The first-order valence-electron chi connectivity index (χ1n) is 7.11. The summed E-state index contributed by atoms with van der Waals surface area (Å²) < 4.78 is 26.3. The summed E-state index contributed by atoms with van der Waals surface area (Å²) >= 11 is 5.69. The van der Waals surface area contributed by atoms with Gasteiger partial charge >= 0.3 is 0 Å². The van der Waals surface area contributed by atoms with Crippen molar-refractivity contribution in [3.8, 4) is 0 Å². The number of amides is 2. The van der Waals surface area contributed by atoms with Gasteiger partial charge in [-0.15, -0.1) is 0 Å². The predicted molar refractivity (Wildman–Crippen MR) is 88.7 cm³/mol. The Bertz CT molecular complexity index is 1100. The lowest BCUT2D eigenvalue weighted by Gasteiger charge is -2.09. The molecule has 26 heavy (non-hydrogen) atoms. The molecule has 0 saturated heterocycles. The second-order valence-electron chi connectivity index (χ2n) is 5.10. The zero-order chi connectivity index (χ0) is 18.8. The minimum Gasteiger partial charge on any atom is -0.267 e. The van der Waals surface area contributed by atoms with Crippen molar-refractivity contribution in [1.29, 1.82) is 0 Å². The van der Waals surface area contributed by atoms with Crippen LogP contribution >= 0.6 is 11.6 Å². The van der Waals surface area contributed by atoms with Crippen molar-refractivity contribution in [1.82, 2.24) is 21.0 Å². The summed E-state index contributed by atoms with van der Waals surface area (Å²) in [5, 5.41) is 6.02.